The summed E-state index contributed by atoms with van der Waals surface area (Å²) in [6, 6.07) is 142. The van der Waals surface area contributed by atoms with E-state index in [0.717, 1.165) is 95.1 Å². The molecule has 0 amide bonds. The molecule has 560 valence electrons. The Morgan fingerprint density at radius 1 is 0.158 bits per heavy atom. The lowest BCUT2D eigenvalue weighted by atomic mass is 9.97. The van der Waals surface area contributed by atoms with Crippen molar-refractivity contribution < 1.29 is 0 Å². The van der Waals surface area contributed by atoms with Crippen LogP contribution in [-0.4, -0.2) is 29.9 Å². The van der Waals surface area contributed by atoms with Crippen LogP contribution in [0.15, 0.2) is 400 Å². The van der Waals surface area contributed by atoms with E-state index in [1.54, 1.807) is 0 Å². The van der Waals surface area contributed by atoms with Crippen molar-refractivity contribution in [1.82, 2.24) is 29.9 Å². The van der Waals surface area contributed by atoms with Gasteiger partial charge in [-0.1, -0.05) is 328 Å². The van der Waals surface area contributed by atoms with E-state index in [1.165, 1.54) is 131 Å². The molecular weight excluding hydrogens is 1530 g/mol. The van der Waals surface area contributed by atoms with Crippen molar-refractivity contribution in [2.45, 2.75) is 0 Å². The van der Waals surface area contributed by atoms with Crippen molar-refractivity contribution in [3.8, 4) is 135 Å². The molecule has 0 unspecified atom stereocenters. The Balaban J connectivity index is 0.000000140. The first-order valence-electron chi connectivity index (χ1n) is 40.2. The van der Waals surface area contributed by atoms with E-state index in [4.69, 9.17) is 29.9 Å². The monoisotopic (exact) mass is 1600 g/mol. The zero-order valence-electron chi connectivity index (χ0n) is 64.4. The molecule has 8 heterocycles. The van der Waals surface area contributed by atoms with Crippen LogP contribution in [0.25, 0.3) is 237 Å². The van der Waals surface area contributed by atoms with Gasteiger partial charge in [0.1, 0.15) is 0 Å². The first kappa shape index (κ1) is 70.8. The molecule has 0 aliphatic rings. The molecule has 0 saturated heterocycles. The van der Waals surface area contributed by atoms with Crippen LogP contribution < -0.4 is 0 Å². The number of thiophene rings is 4. The molecule has 0 bridgehead atoms. The summed E-state index contributed by atoms with van der Waals surface area (Å²) in [7, 11) is 0. The number of aromatic nitrogens is 6. The first-order valence-corrected chi connectivity index (χ1v) is 43.4. The molecule has 0 atom stereocenters. The number of nitrogens with zero attached hydrogens (tertiary/aromatic N) is 6. The van der Waals surface area contributed by atoms with Gasteiger partial charge in [-0.15, -0.1) is 45.3 Å². The van der Waals surface area contributed by atoms with Crippen LogP contribution in [-0.2, 0) is 0 Å². The highest BCUT2D eigenvalue weighted by Crippen LogP contribution is 2.49. The number of rotatable bonds is 12. The summed E-state index contributed by atoms with van der Waals surface area (Å²) in [6.45, 7) is 0. The lowest BCUT2D eigenvalue weighted by Gasteiger charge is -2.12. The molecule has 0 aliphatic carbocycles. The van der Waals surface area contributed by atoms with Gasteiger partial charge in [0.2, 0.25) is 0 Å². The van der Waals surface area contributed by atoms with Crippen molar-refractivity contribution in [2.24, 2.45) is 0 Å². The van der Waals surface area contributed by atoms with Crippen LogP contribution in [0.4, 0.5) is 0 Å². The smallest absolute Gasteiger partial charge is 0.160 e. The van der Waals surface area contributed by atoms with Gasteiger partial charge in [0.15, 0.2) is 11.6 Å². The minimum atomic E-state index is 0.697. The van der Waals surface area contributed by atoms with Gasteiger partial charge in [-0.05, 0) is 117 Å². The zero-order chi connectivity index (χ0) is 79.1. The summed E-state index contributed by atoms with van der Waals surface area (Å²) in [6.07, 6.45) is 0. The Labute approximate surface area is 707 Å². The predicted octanol–water partition coefficient (Wildman–Crippen LogP) is 31.5. The zero-order valence-corrected chi connectivity index (χ0v) is 67.7. The molecule has 24 rings (SSSR count). The van der Waals surface area contributed by atoms with E-state index in [1.807, 2.05) is 81.7 Å². The molecule has 0 radical (unpaired) electrons. The van der Waals surface area contributed by atoms with Gasteiger partial charge in [0.05, 0.1) is 54.6 Å². The maximum absolute atomic E-state index is 5.46. The second kappa shape index (κ2) is 29.8. The van der Waals surface area contributed by atoms with E-state index in [2.05, 4.69) is 364 Å². The van der Waals surface area contributed by atoms with Crippen molar-refractivity contribution in [1.29, 1.82) is 0 Å². The molecule has 6 nitrogen and oxygen atoms in total. The third-order valence-corrected chi connectivity index (χ3v) is 27.8. The summed E-state index contributed by atoms with van der Waals surface area (Å²) >= 11 is 7.31. The van der Waals surface area contributed by atoms with E-state index >= 15 is 0 Å². The molecule has 0 fully saturated rings. The number of benzene rings is 16. The second-order valence-corrected chi connectivity index (χ2v) is 34.5. The van der Waals surface area contributed by atoms with Gasteiger partial charge < -0.3 is 0 Å². The lowest BCUT2D eigenvalue weighted by Crippen LogP contribution is -1.96. The number of fused-ring (bicyclic) bond motifs is 16. The van der Waals surface area contributed by atoms with Crippen LogP contribution in [0.2, 0.25) is 0 Å². The standard InChI is InChI=1S/2C55H33N3S2/c1-3-13-34(14-4-1)38-29-30-46-45(32-38)51-44-20-8-10-24-50(44)60-54(51)52(56-46)36-27-25-35(26-28-36)47-33-48(58-55(57-47)37-15-5-2-6-16-37)40-18-11-17-39(31-40)41-21-12-22-43-42-19-7-9-23-49(42)59-53(41)43;1-3-13-34(14-4-1)35-25-27-36(28-26-35)38-29-30-46-45(32-38)51-44-20-8-10-24-50(44)60-54(51)52(56-46)40-18-11-17-39(31-40)47-33-48(58-55(57-47)37-15-5-2-6-16-37)43-22-12-21-42-41-19-7-9-23-49(41)59-53(42)43/h2*1-33H. The van der Waals surface area contributed by atoms with Gasteiger partial charge in [-0.25, -0.2) is 29.9 Å². The van der Waals surface area contributed by atoms with Gasteiger partial charge in [0.25, 0.3) is 0 Å². The Morgan fingerprint density at radius 2 is 0.475 bits per heavy atom. The van der Waals surface area contributed by atoms with Gasteiger partial charge in [-0.3, -0.25) is 0 Å². The topological polar surface area (TPSA) is 77.3 Å². The van der Waals surface area contributed by atoms with Crippen molar-refractivity contribution in [2.75, 3.05) is 0 Å². The first-order chi connectivity index (χ1) is 59.4. The lowest BCUT2D eigenvalue weighted by molar-refractivity contribution is 1.18. The number of pyridine rings is 2. The molecule has 0 saturated carbocycles. The third-order valence-electron chi connectivity index (χ3n) is 23.0. The highest BCUT2D eigenvalue weighted by Gasteiger charge is 2.23. The molecule has 16 aromatic carbocycles. The SMILES string of the molecule is c1ccc(-c2ccc(-c3ccc4nc(-c5cccc(-c6cc(-c7cccc8c7sc7ccccc78)nc(-c7ccccc7)n6)c5)c5sc6ccccc6c5c4c3)cc2)cc1.c1ccc(-c2ccc3nc(-c4ccc(-c5cc(-c6cccc(-c7cccc8c7sc7ccccc78)c6)nc(-c6ccccc6)n5)cc4)c4sc5ccccc5c4c3c2)cc1. The highest BCUT2D eigenvalue weighted by molar-refractivity contribution is 7.27. The maximum Gasteiger partial charge on any atom is 0.160 e. The maximum atomic E-state index is 5.46. The quantitative estimate of drug-likeness (QED) is 0.121. The molecule has 24 aromatic rings. The van der Waals surface area contributed by atoms with Crippen LogP contribution in [0.3, 0.4) is 0 Å². The summed E-state index contributed by atoms with van der Waals surface area (Å²) in [4.78, 5) is 31.7. The van der Waals surface area contributed by atoms with Gasteiger partial charge in [-0.2, -0.15) is 0 Å². The summed E-state index contributed by atoms with van der Waals surface area (Å²) in [5, 5.41) is 12.5. The Morgan fingerprint density at radius 3 is 0.992 bits per heavy atom. The predicted molar refractivity (Wildman–Crippen MR) is 511 cm³/mol. The average Bonchev–Trinajstić information content (AvgIpc) is 1.56. The normalized spacial score (nSPS) is 11.7. The van der Waals surface area contributed by atoms with Gasteiger partial charge >= 0.3 is 0 Å². The largest absolute Gasteiger partial charge is 0.246 e. The van der Waals surface area contributed by atoms with Crippen LogP contribution in [0, 0.1) is 0 Å². The number of hydrogen-bond donors (Lipinski definition) is 0. The highest BCUT2D eigenvalue weighted by atomic mass is 32.1. The second-order valence-electron chi connectivity index (χ2n) is 30.3. The van der Waals surface area contributed by atoms with E-state index in [-0.39, 0.29) is 0 Å². The molecule has 120 heavy (non-hydrogen) atoms. The minimum Gasteiger partial charge on any atom is -0.246 e. The Kier molecular flexibility index (Phi) is 17.6. The van der Waals surface area contributed by atoms with Crippen molar-refractivity contribution in [3.63, 3.8) is 0 Å². The van der Waals surface area contributed by atoms with Gasteiger partial charge in [0, 0.05) is 127 Å². The minimum absolute atomic E-state index is 0.697. The fourth-order valence-electron chi connectivity index (χ4n) is 17.1. The summed E-state index contributed by atoms with van der Waals surface area (Å²) in [5.41, 5.74) is 25.3. The van der Waals surface area contributed by atoms with Crippen LogP contribution in [0.1, 0.15) is 0 Å². The third kappa shape index (κ3) is 12.8. The fraction of sp³-hybridized carbons (Fsp3) is 0. The molecule has 10 heteroatoms. The van der Waals surface area contributed by atoms with Crippen LogP contribution >= 0.6 is 45.3 Å². The van der Waals surface area contributed by atoms with E-state index in [0.29, 0.717) is 11.6 Å². The van der Waals surface area contributed by atoms with Crippen molar-refractivity contribution >= 4 is 148 Å². The molecular formula is C110H66N6S4. The molecule has 0 aliphatic heterocycles. The van der Waals surface area contributed by atoms with Crippen LogP contribution in [0.5, 0.6) is 0 Å². The average molecular weight is 1600 g/mol. The number of hydrogen-bond acceptors (Lipinski definition) is 10. The van der Waals surface area contributed by atoms with E-state index < -0.39 is 0 Å². The molecule has 0 spiro atoms. The van der Waals surface area contributed by atoms with Crippen molar-refractivity contribution in [3.05, 3.63) is 400 Å². The fourth-order valence-corrected chi connectivity index (χ4v) is 22.1. The van der Waals surface area contributed by atoms with E-state index in [9.17, 15) is 0 Å². The Hall–Kier alpha value is -14.6. The summed E-state index contributed by atoms with van der Waals surface area (Å²) < 4.78 is 10.00. The summed E-state index contributed by atoms with van der Waals surface area (Å²) in [5.74, 6) is 1.40. The Bertz CT molecular complexity index is 8140. The molecule has 8 aromatic heterocycles. The molecule has 0 N–H and O–H groups in total.